The van der Waals surface area contributed by atoms with Crippen LogP contribution in [0.1, 0.15) is 0 Å². The highest BCUT2D eigenvalue weighted by molar-refractivity contribution is 5.85. The van der Waals surface area contributed by atoms with E-state index in [9.17, 15) is 0 Å². The molecule has 6 heteroatoms. The molecule has 0 fully saturated rings. The fourth-order valence-electron chi connectivity index (χ4n) is 3.15. The van der Waals surface area contributed by atoms with Crippen LogP contribution < -0.4 is 15.0 Å². The van der Waals surface area contributed by atoms with Gasteiger partial charge < -0.3 is 9.47 Å². The number of ether oxygens (including phenoxy) is 2. The number of nitrogens with zero attached hydrogens (tertiary/aromatic N) is 2. The summed E-state index contributed by atoms with van der Waals surface area (Å²) in [4.78, 5) is 4.86. The Morgan fingerprint density at radius 3 is 2.29 bits per heavy atom. The van der Waals surface area contributed by atoms with E-state index < -0.39 is 0 Å². The first-order chi connectivity index (χ1) is 13.2. The molecule has 0 unspecified atom stereocenters. The number of para-hydroxylation sites is 1. The largest absolute Gasteiger partial charge is 0.497 e. The fourth-order valence-corrected chi connectivity index (χ4v) is 3.15. The Kier molecular flexibility index (Phi) is 5.66. The third-order valence-corrected chi connectivity index (χ3v) is 4.48. The molecule has 0 bridgehead atoms. The van der Waals surface area contributed by atoms with Crippen LogP contribution in [-0.2, 0) is 0 Å². The number of rotatable bonds is 4. The van der Waals surface area contributed by atoms with Gasteiger partial charge in [0.15, 0.2) is 0 Å². The molecule has 0 atom stereocenters. The van der Waals surface area contributed by atoms with Gasteiger partial charge in [-0.1, -0.05) is 42.5 Å². The van der Waals surface area contributed by atoms with Crippen LogP contribution in [0.5, 0.6) is 11.5 Å². The van der Waals surface area contributed by atoms with Crippen molar-refractivity contribution in [3.63, 3.8) is 0 Å². The average Bonchev–Trinajstić information content (AvgIpc) is 2.74. The third-order valence-electron chi connectivity index (χ3n) is 4.48. The normalized spacial score (nSPS) is 10.4. The van der Waals surface area contributed by atoms with E-state index in [0.717, 1.165) is 16.5 Å². The van der Waals surface area contributed by atoms with Gasteiger partial charge in [0.2, 0.25) is 0 Å². The van der Waals surface area contributed by atoms with Crippen molar-refractivity contribution in [3.8, 4) is 28.6 Å². The summed E-state index contributed by atoms with van der Waals surface area (Å²) in [6, 6.07) is 23.1. The highest BCUT2D eigenvalue weighted by Gasteiger charge is 2.16. The number of nitrogens with one attached hydrogen (secondary N) is 1. The zero-order chi connectivity index (χ0) is 18.8. The van der Waals surface area contributed by atoms with Gasteiger partial charge in [0.25, 0.3) is 0 Å². The molecule has 0 aliphatic rings. The molecule has 5 nitrogen and oxygen atoms in total. The predicted molar refractivity (Wildman–Crippen MR) is 113 cm³/mol. The molecule has 28 heavy (non-hydrogen) atoms. The number of halogens is 1. The van der Waals surface area contributed by atoms with E-state index in [4.69, 9.17) is 19.9 Å². The first-order valence-corrected chi connectivity index (χ1v) is 8.57. The predicted octanol–water partition coefficient (Wildman–Crippen LogP) is 4.61. The van der Waals surface area contributed by atoms with Crippen LogP contribution in [0.4, 0.5) is 0 Å². The molecule has 0 saturated carbocycles. The van der Waals surface area contributed by atoms with Crippen LogP contribution in [0.2, 0.25) is 0 Å². The van der Waals surface area contributed by atoms with Crippen LogP contribution in [0.15, 0.2) is 72.8 Å². The number of benzene rings is 3. The molecule has 0 radical (unpaired) electrons. The summed E-state index contributed by atoms with van der Waals surface area (Å²) in [5.41, 5.74) is 2.74. The molecule has 1 N–H and O–H groups in total. The van der Waals surface area contributed by atoms with Crippen molar-refractivity contribution in [2.45, 2.75) is 0 Å². The van der Waals surface area contributed by atoms with Crippen LogP contribution in [-0.4, -0.2) is 23.8 Å². The first-order valence-electron chi connectivity index (χ1n) is 8.57. The van der Waals surface area contributed by atoms with Crippen molar-refractivity contribution in [3.05, 3.63) is 78.3 Å². The number of methoxy groups -OCH3 is 2. The van der Waals surface area contributed by atoms with Crippen LogP contribution in [0.25, 0.3) is 28.0 Å². The summed E-state index contributed by atoms with van der Waals surface area (Å²) < 4.78 is 12.8. The lowest BCUT2D eigenvalue weighted by atomic mass is 10.1. The van der Waals surface area contributed by atoms with Gasteiger partial charge in [0.1, 0.15) is 22.8 Å². The number of aromatic nitrogens is 2. The molecule has 1 aromatic heterocycles. The molecule has 4 rings (SSSR count). The van der Waals surface area contributed by atoms with E-state index in [0.29, 0.717) is 28.5 Å². The highest BCUT2D eigenvalue weighted by atomic mass is 35.5. The summed E-state index contributed by atoms with van der Waals surface area (Å²) in [6.07, 6.45) is 0. The van der Waals surface area contributed by atoms with Crippen molar-refractivity contribution in [1.82, 2.24) is 9.55 Å². The Morgan fingerprint density at radius 2 is 1.57 bits per heavy atom. The van der Waals surface area contributed by atoms with Gasteiger partial charge in [-0.3, -0.25) is 9.98 Å². The molecule has 1 heterocycles. The molecule has 0 aliphatic carbocycles. The number of hydrogen-bond donors (Lipinski definition) is 1. The summed E-state index contributed by atoms with van der Waals surface area (Å²) in [5.74, 6) is 2.00. The zero-order valence-corrected chi connectivity index (χ0v) is 16.4. The van der Waals surface area contributed by atoms with Gasteiger partial charge in [-0.25, -0.2) is 4.98 Å². The second-order valence-electron chi connectivity index (χ2n) is 6.04. The molecule has 4 aromatic rings. The van der Waals surface area contributed by atoms with Crippen molar-refractivity contribution in [1.29, 1.82) is 5.41 Å². The molecular formula is C22H20ClN3O2. The topological polar surface area (TPSA) is 60.1 Å². The van der Waals surface area contributed by atoms with Gasteiger partial charge in [-0.15, -0.1) is 12.4 Å². The summed E-state index contributed by atoms with van der Waals surface area (Å²) in [7, 11) is 3.24. The first kappa shape index (κ1) is 19.5. The minimum absolute atomic E-state index is 0. The standard InChI is InChI=1S/C22H19N3O2.ClH/c1-26-16-12-13-20(27-2)19(14-16)25-21(23)17-10-6-7-11-18(17)24-22(25)15-8-4-3-5-9-15;/h3-14,23H,1-2H3;1H. The van der Waals surface area contributed by atoms with E-state index in [1.807, 2.05) is 72.8 Å². The molecule has 3 aromatic carbocycles. The van der Waals surface area contributed by atoms with E-state index in [1.54, 1.807) is 18.8 Å². The lowest BCUT2D eigenvalue weighted by Crippen LogP contribution is -2.22. The second kappa shape index (κ2) is 8.15. The lowest BCUT2D eigenvalue weighted by molar-refractivity contribution is 0.401. The third kappa shape index (κ3) is 3.32. The second-order valence-corrected chi connectivity index (χ2v) is 6.04. The van der Waals surface area contributed by atoms with Gasteiger partial charge >= 0.3 is 0 Å². The molecular weight excluding hydrogens is 374 g/mol. The van der Waals surface area contributed by atoms with E-state index in [-0.39, 0.29) is 12.4 Å². The van der Waals surface area contributed by atoms with Crippen molar-refractivity contribution >= 4 is 23.3 Å². The minimum Gasteiger partial charge on any atom is -0.497 e. The Bertz CT molecular complexity index is 1170. The fraction of sp³-hybridized carbons (Fsp3) is 0.0909. The molecule has 142 valence electrons. The SMILES string of the molecule is COc1ccc(OC)c(-n2c(-c3ccccc3)nc3ccccc3c2=N)c1.Cl. The molecule has 0 spiro atoms. The van der Waals surface area contributed by atoms with Crippen molar-refractivity contribution in [2.75, 3.05) is 14.2 Å². The molecule has 0 amide bonds. The Balaban J connectivity index is 0.00000225. The molecule has 0 saturated heterocycles. The van der Waals surface area contributed by atoms with Crippen LogP contribution >= 0.6 is 12.4 Å². The minimum atomic E-state index is 0. The quantitative estimate of drug-likeness (QED) is 0.550. The Morgan fingerprint density at radius 1 is 0.857 bits per heavy atom. The van der Waals surface area contributed by atoms with E-state index >= 15 is 0 Å². The summed E-state index contributed by atoms with van der Waals surface area (Å²) in [5, 5.41) is 9.66. The Hall–Kier alpha value is -3.31. The Labute approximate surface area is 169 Å². The molecule has 0 aliphatic heterocycles. The zero-order valence-electron chi connectivity index (χ0n) is 15.5. The number of hydrogen-bond acceptors (Lipinski definition) is 4. The summed E-state index contributed by atoms with van der Waals surface area (Å²) in [6.45, 7) is 0. The van der Waals surface area contributed by atoms with Crippen molar-refractivity contribution < 1.29 is 9.47 Å². The van der Waals surface area contributed by atoms with Gasteiger partial charge in [-0.2, -0.15) is 0 Å². The lowest BCUT2D eigenvalue weighted by Gasteiger charge is -2.18. The van der Waals surface area contributed by atoms with Gasteiger partial charge in [0.05, 0.1) is 25.4 Å². The maximum absolute atomic E-state index is 8.89. The average molecular weight is 394 g/mol. The van der Waals surface area contributed by atoms with E-state index in [2.05, 4.69) is 0 Å². The van der Waals surface area contributed by atoms with Gasteiger partial charge in [-0.05, 0) is 24.3 Å². The maximum atomic E-state index is 8.89. The maximum Gasteiger partial charge on any atom is 0.146 e. The van der Waals surface area contributed by atoms with Crippen LogP contribution in [0, 0.1) is 5.41 Å². The van der Waals surface area contributed by atoms with Crippen LogP contribution in [0.3, 0.4) is 0 Å². The number of fused-ring (bicyclic) bond motifs is 1. The van der Waals surface area contributed by atoms with Gasteiger partial charge in [0, 0.05) is 17.0 Å². The van der Waals surface area contributed by atoms with Crippen molar-refractivity contribution in [2.24, 2.45) is 0 Å². The van der Waals surface area contributed by atoms with E-state index in [1.165, 1.54) is 0 Å². The monoisotopic (exact) mass is 393 g/mol. The summed E-state index contributed by atoms with van der Waals surface area (Å²) >= 11 is 0. The smallest absolute Gasteiger partial charge is 0.146 e. The highest BCUT2D eigenvalue weighted by Crippen LogP contribution is 2.30.